The number of nitrogens with zero attached hydrogens (tertiary/aromatic N) is 2. The summed E-state index contributed by atoms with van der Waals surface area (Å²) in [7, 11) is 0. The molecule has 2 atom stereocenters. The van der Waals surface area contributed by atoms with Crippen LogP contribution < -0.4 is 0 Å². The monoisotopic (exact) mass is 448 g/mol. The van der Waals surface area contributed by atoms with Crippen molar-refractivity contribution in [3.63, 3.8) is 0 Å². The molecule has 0 aliphatic carbocycles. The normalized spacial score (nSPS) is 18.4. The van der Waals surface area contributed by atoms with E-state index in [0.717, 1.165) is 36.8 Å². The highest BCUT2D eigenvalue weighted by Gasteiger charge is 2.32. The second kappa shape index (κ2) is 10.5. The van der Waals surface area contributed by atoms with Crippen LogP contribution in [0, 0.1) is 5.92 Å². The molecule has 160 valence electrons. The molecule has 1 unspecified atom stereocenters. The lowest BCUT2D eigenvalue weighted by molar-refractivity contribution is 0.288. The molecule has 4 rings (SSSR count). The van der Waals surface area contributed by atoms with Crippen molar-refractivity contribution in [3.8, 4) is 0 Å². The Labute approximate surface area is 195 Å². The number of aliphatic imine (C=N–C) groups is 1. The predicted molar refractivity (Wildman–Crippen MR) is 135 cm³/mol. The third-order valence-corrected chi connectivity index (χ3v) is 7.70. The van der Waals surface area contributed by atoms with Crippen molar-refractivity contribution in [2.24, 2.45) is 10.9 Å². The number of rotatable bonds is 7. The van der Waals surface area contributed by atoms with Gasteiger partial charge in [-0.25, -0.2) is 0 Å². The van der Waals surface area contributed by atoms with Gasteiger partial charge in [0.05, 0.1) is 11.4 Å². The number of hydrogen-bond acceptors (Lipinski definition) is 3. The van der Waals surface area contributed by atoms with Crippen LogP contribution >= 0.6 is 23.4 Å². The minimum Gasteiger partial charge on any atom is -0.304 e. The highest BCUT2D eigenvalue weighted by molar-refractivity contribution is 7.99. The lowest BCUT2D eigenvalue weighted by Crippen LogP contribution is -2.30. The number of hydrogen-bond donors (Lipinski definition) is 0. The summed E-state index contributed by atoms with van der Waals surface area (Å²) < 4.78 is 0. The minimum absolute atomic E-state index is 0.274. The lowest BCUT2D eigenvalue weighted by atomic mass is 9.87. The summed E-state index contributed by atoms with van der Waals surface area (Å²) in [6.07, 6.45) is 1.06. The summed E-state index contributed by atoms with van der Waals surface area (Å²) in [6, 6.07) is 27.6. The Hall–Kier alpha value is -2.07. The second-order valence-corrected chi connectivity index (χ2v) is 9.46. The van der Waals surface area contributed by atoms with E-state index in [4.69, 9.17) is 16.6 Å². The van der Waals surface area contributed by atoms with Crippen LogP contribution in [0.3, 0.4) is 0 Å². The van der Waals surface area contributed by atoms with Gasteiger partial charge in [0.2, 0.25) is 0 Å². The molecule has 4 heteroatoms. The Morgan fingerprint density at radius 1 is 0.871 bits per heavy atom. The summed E-state index contributed by atoms with van der Waals surface area (Å²) in [5, 5.41) is 1.05. The zero-order valence-electron chi connectivity index (χ0n) is 18.2. The van der Waals surface area contributed by atoms with E-state index in [1.165, 1.54) is 21.7 Å². The average molecular weight is 449 g/mol. The molecule has 1 aliphatic rings. The van der Waals surface area contributed by atoms with Gasteiger partial charge < -0.3 is 4.90 Å². The average Bonchev–Trinajstić information content (AvgIpc) is 2.98. The first-order chi connectivity index (χ1) is 15.2. The molecule has 3 aromatic rings. The molecule has 0 aromatic heterocycles. The van der Waals surface area contributed by atoms with E-state index < -0.39 is 0 Å². The molecule has 1 heterocycles. The minimum atomic E-state index is 0.274. The van der Waals surface area contributed by atoms with Crippen LogP contribution in [0.2, 0.25) is 5.02 Å². The molecule has 0 amide bonds. The zero-order chi connectivity index (χ0) is 21.6. The fraction of sp³-hybridized carbons (Fsp3) is 0.296. The van der Waals surface area contributed by atoms with Gasteiger partial charge in [-0.15, -0.1) is 11.8 Å². The molecule has 0 radical (unpaired) electrons. The van der Waals surface area contributed by atoms with Gasteiger partial charge in [-0.1, -0.05) is 80.0 Å². The maximum Gasteiger partial charge on any atom is 0.0769 e. The number of thioether (sulfide) groups is 1. The lowest BCUT2D eigenvalue weighted by Gasteiger charge is -2.29. The van der Waals surface area contributed by atoms with E-state index in [2.05, 4.69) is 85.5 Å². The molecule has 0 spiro atoms. The van der Waals surface area contributed by atoms with E-state index in [1.807, 2.05) is 23.9 Å². The maximum absolute atomic E-state index is 6.23. The van der Waals surface area contributed by atoms with E-state index >= 15 is 0 Å². The van der Waals surface area contributed by atoms with Crippen molar-refractivity contribution in [1.29, 1.82) is 0 Å². The molecular formula is C27H29ClN2S. The Morgan fingerprint density at radius 2 is 1.55 bits per heavy atom. The first kappa shape index (κ1) is 22.1. The summed E-state index contributed by atoms with van der Waals surface area (Å²) in [5.74, 6) is 0.293. The molecule has 1 aliphatic heterocycles. The number of para-hydroxylation sites is 1. The standard InChI is InChI=1S/C27H29ClN2S/c1-3-30(4-2)19-18-23-26(20-10-6-5-7-11-20)29-24-12-8-9-13-25(24)31-27(23)21-14-16-22(28)17-15-21/h5-17,23,27H,3-4,18-19H2,1-2H3/t23-,27?/m1/s1. The van der Waals surface area contributed by atoms with Gasteiger partial charge in [-0.05, 0) is 61.4 Å². The molecule has 0 N–H and O–H groups in total. The second-order valence-electron chi connectivity index (χ2n) is 7.84. The first-order valence-corrected chi connectivity index (χ1v) is 12.3. The molecule has 0 saturated heterocycles. The largest absolute Gasteiger partial charge is 0.304 e. The topological polar surface area (TPSA) is 15.6 Å². The van der Waals surface area contributed by atoms with Crippen molar-refractivity contribution >= 4 is 34.8 Å². The fourth-order valence-electron chi connectivity index (χ4n) is 4.21. The van der Waals surface area contributed by atoms with E-state index in [9.17, 15) is 0 Å². The van der Waals surface area contributed by atoms with E-state index in [1.54, 1.807) is 0 Å². The molecule has 3 aromatic carbocycles. The van der Waals surface area contributed by atoms with Gasteiger partial charge in [-0.3, -0.25) is 4.99 Å². The first-order valence-electron chi connectivity index (χ1n) is 11.1. The van der Waals surface area contributed by atoms with Gasteiger partial charge in [0.1, 0.15) is 0 Å². The number of fused-ring (bicyclic) bond motifs is 1. The van der Waals surface area contributed by atoms with Crippen LogP contribution in [0.15, 0.2) is 88.8 Å². The molecule has 31 heavy (non-hydrogen) atoms. The third kappa shape index (κ3) is 5.23. The molecule has 2 nitrogen and oxygen atoms in total. The SMILES string of the molecule is CCN(CC)CC[C@@H]1C(c2ccccc2)=Nc2ccccc2SC1c1ccc(Cl)cc1. The van der Waals surface area contributed by atoms with Gasteiger partial charge in [0.15, 0.2) is 0 Å². The third-order valence-electron chi connectivity index (χ3n) is 6.00. The molecule has 0 fully saturated rings. The van der Waals surface area contributed by atoms with Crippen LogP contribution in [0.4, 0.5) is 5.69 Å². The van der Waals surface area contributed by atoms with Gasteiger partial charge >= 0.3 is 0 Å². The molecule has 0 bridgehead atoms. The van der Waals surface area contributed by atoms with Crippen LogP contribution in [0.1, 0.15) is 36.6 Å². The van der Waals surface area contributed by atoms with Crippen molar-refractivity contribution in [2.75, 3.05) is 19.6 Å². The van der Waals surface area contributed by atoms with Crippen molar-refractivity contribution in [3.05, 3.63) is 95.0 Å². The summed E-state index contributed by atoms with van der Waals surface area (Å²) >= 11 is 8.16. The van der Waals surface area contributed by atoms with Crippen LogP contribution in [-0.2, 0) is 0 Å². The summed E-state index contributed by atoms with van der Waals surface area (Å²) in [4.78, 5) is 9.01. The van der Waals surface area contributed by atoms with Gasteiger partial charge in [0, 0.05) is 21.1 Å². The predicted octanol–water partition coefficient (Wildman–Crippen LogP) is 7.66. The molecular weight excluding hydrogens is 420 g/mol. The van der Waals surface area contributed by atoms with Crippen LogP contribution in [0.5, 0.6) is 0 Å². The van der Waals surface area contributed by atoms with Crippen LogP contribution in [-0.4, -0.2) is 30.2 Å². The van der Waals surface area contributed by atoms with Gasteiger partial charge in [0.25, 0.3) is 0 Å². The quantitative estimate of drug-likeness (QED) is 0.368. The highest BCUT2D eigenvalue weighted by atomic mass is 35.5. The molecule has 0 saturated carbocycles. The highest BCUT2D eigenvalue weighted by Crippen LogP contribution is 2.49. The Kier molecular flexibility index (Phi) is 7.49. The van der Waals surface area contributed by atoms with Crippen molar-refractivity contribution in [1.82, 2.24) is 4.90 Å². The summed E-state index contributed by atoms with van der Waals surface area (Å²) in [5.41, 5.74) is 4.77. The maximum atomic E-state index is 6.23. The van der Waals surface area contributed by atoms with Crippen molar-refractivity contribution < 1.29 is 0 Å². The fourth-order valence-corrected chi connectivity index (χ4v) is 5.73. The number of benzene rings is 3. The Bertz CT molecular complexity index is 1010. The smallest absolute Gasteiger partial charge is 0.0769 e. The van der Waals surface area contributed by atoms with Crippen LogP contribution in [0.25, 0.3) is 0 Å². The van der Waals surface area contributed by atoms with Crippen molar-refractivity contribution in [2.45, 2.75) is 30.4 Å². The summed E-state index contributed by atoms with van der Waals surface area (Å²) in [6.45, 7) is 7.68. The zero-order valence-corrected chi connectivity index (χ0v) is 19.7. The Balaban J connectivity index is 1.83. The van der Waals surface area contributed by atoms with E-state index in [0.29, 0.717) is 5.92 Å². The van der Waals surface area contributed by atoms with Gasteiger partial charge in [-0.2, -0.15) is 0 Å². The number of halogens is 1. The van der Waals surface area contributed by atoms with E-state index in [-0.39, 0.29) is 5.25 Å². The Morgan fingerprint density at radius 3 is 2.26 bits per heavy atom.